The summed E-state index contributed by atoms with van der Waals surface area (Å²) in [5.74, 6) is 0. The van der Waals surface area contributed by atoms with Crippen molar-refractivity contribution < 1.29 is 0 Å². The summed E-state index contributed by atoms with van der Waals surface area (Å²) in [4.78, 5) is 3.10. The lowest BCUT2D eigenvalue weighted by Gasteiger charge is -2.02. The van der Waals surface area contributed by atoms with Gasteiger partial charge >= 0.3 is 0 Å². The van der Waals surface area contributed by atoms with Gasteiger partial charge in [-0.2, -0.15) is 5.10 Å². The molecule has 0 unspecified atom stereocenters. The Morgan fingerprint density at radius 1 is 1.33 bits per heavy atom. The predicted octanol–water partition coefficient (Wildman–Crippen LogP) is 2.06. The zero-order valence-electron chi connectivity index (χ0n) is 8.90. The third kappa shape index (κ3) is 2.36. The molecule has 0 aromatic carbocycles. The Balaban J connectivity index is 2.05. The maximum atomic E-state index is 5.17. The first kappa shape index (κ1) is 10.2. The second-order valence-electron chi connectivity index (χ2n) is 3.72. The molecule has 0 aliphatic rings. The maximum Gasteiger partial charge on any atom is 0.177 e. The molecule has 0 bridgehead atoms. The minimum absolute atomic E-state index is 0.774. The second-order valence-corrected chi connectivity index (χ2v) is 4.10. The smallest absolute Gasteiger partial charge is 0.177 e. The number of rotatable bonds is 3. The van der Waals surface area contributed by atoms with Gasteiger partial charge in [0.15, 0.2) is 4.77 Å². The normalized spacial score (nSPS) is 10.8. The molecule has 4 nitrogen and oxygen atoms in total. The summed E-state index contributed by atoms with van der Waals surface area (Å²) < 4.78 is 4.73. The van der Waals surface area contributed by atoms with Gasteiger partial charge in [0.05, 0.1) is 12.7 Å². The predicted molar refractivity (Wildman–Crippen MR) is 61.3 cm³/mol. The summed E-state index contributed by atoms with van der Waals surface area (Å²) in [7, 11) is 0. The summed E-state index contributed by atoms with van der Waals surface area (Å²) in [5, 5.41) is 4.23. The van der Waals surface area contributed by atoms with Crippen molar-refractivity contribution in [1.82, 2.24) is 19.3 Å². The Hall–Kier alpha value is -1.36. The van der Waals surface area contributed by atoms with E-state index in [9.17, 15) is 0 Å². The van der Waals surface area contributed by atoms with E-state index in [4.69, 9.17) is 12.2 Å². The number of aromatic amines is 1. The summed E-state index contributed by atoms with van der Waals surface area (Å²) in [6, 6.07) is 0. The van der Waals surface area contributed by atoms with Crippen LogP contribution in [0.2, 0.25) is 0 Å². The fourth-order valence-electron chi connectivity index (χ4n) is 1.53. The topological polar surface area (TPSA) is 38.5 Å². The van der Waals surface area contributed by atoms with E-state index in [1.165, 1.54) is 5.56 Å². The summed E-state index contributed by atoms with van der Waals surface area (Å²) in [5.41, 5.74) is 2.28. The molecule has 2 aromatic rings. The van der Waals surface area contributed by atoms with Crippen LogP contribution >= 0.6 is 12.2 Å². The average molecular weight is 222 g/mol. The van der Waals surface area contributed by atoms with Gasteiger partial charge in [-0.05, 0) is 31.6 Å². The van der Waals surface area contributed by atoms with Crippen molar-refractivity contribution in [2.24, 2.45) is 0 Å². The van der Waals surface area contributed by atoms with Gasteiger partial charge in [-0.1, -0.05) is 0 Å². The quantitative estimate of drug-likeness (QED) is 0.807. The number of aryl methyl sites for hydroxylation is 4. The molecule has 1 N–H and O–H groups in total. The van der Waals surface area contributed by atoms with Crippen molar-refractivity contribution in [3.63, 3.8) is 0 Å². The Morgan fingerprint density at radius 3 is 2.67 bits per heavy atom. The van der Waals surface area contributed by atoms with Gasteiger partial charge in [-0.25, -0.2) is 0 Å². The molecule has 0 spiro atoms. The van der Waals surface area contributed by atoms with Crippen molar-refractivity contribution in [3.05, 3.63) is 34.6 Å². The highest BCUT2D eigenvalue weighted by Crippen LogP contribution is 1.99. The van der Waals surface area contributed by atoms with Gasteiger partial charge in [-0.15, -0.1) is 0 Å². The van der Waals surface area contributed by atoms with E-state index in [0.29, 0.717) is 0 Å². The van der Waals surface area contributed by atoms with Crippen LogP contribution in [-0.4, -0.2) is 19.3 Å². The van der Waals surface area contributed by atoms with Crippen molar-refractivity contribution in [3.8, 4) is 0 Å². The zero-order valence-corrected chi connectivity index (χ0v) is 9.71. The Labute approximate surface area is 93.6 Å². The van der Waals surface area contributed by atoms with Crippen molar-refractivity contribution in [2.45, 2.75) is 26.9 Å². The largest absolute Gasteiger partial charge is 0.335 e. The number of nitrogens with one attached hydrogen (secondary N) is 1. The van der Waals surface area contributed by atoms with E-state index < -0.39 is 0 Å². The monoisotopic (exact) mass is 222 g/mol. The second kappa shape index (κ2) is 4.02. The average Bonchev–Trinajstić information content (AvgIpc) is 2.70. The molecule has 0 fully saturated rings. The number of hydrogen-bond donors (Lipinski definition) is 1. The van der Waals surface area contributed by atoms with Gasteiger partial charge in [0.2, 0.25) is 0 Å². The van der Waals surface area contributed by atoms with Gasteiger partial charge in [0.1, 0.15) is 0 Å². The molecule has 2 rings (SSSR count). The number of H-pyrrole nitrogens is 1. The summed E-state index contributed by atoms with van der Waals surface area (Å²) >= 11 is 5.17. The molecule has 2 aromatic heterocycles. The van der Waals surface area contributed by atoms with Crippen molar-refractivity contribution >= 4 is 12.2 Å². The van der Waals surface area contributed by atoms with E-state index in [2.05, 4.69) is 10.1 Å². The fraction of sp³-hybridized carbons (Fsp3) is 0.400. The van der Waals surface area contributed by atoms with E-state index in [0.717, 1.165) is 23.6 Å². The standard InChI is InChI=1S/C10H14N4S/c1-8-5-11-14(6-8)4-3-13-7-9(2)12-10(13)15/h5-7H,3-4H2,1-2H3,(H,12,15). The summed E-state index contributed by atoms with van der Waals surface area (Å²) in [6.07, 6.45) is 5.92. The molecule has 0 atom stereocenters. The van der Waals surface area contributed by atoms with Crippen LogP contribution < -0.4 is 0 Å². The van der Waals surface area contributed by atoms with Crippen LogP contribution in [0.3, 0.4) is 0 Å². The SMILES string of the molecule is Cc1cnn(CCn2cc(C)[nH]c2=S)c1. The molecule has 0 saturated heterocycles. The first-order chi connectivity index (χ1) is 7.15. The van der Waals surface area contributed by atoms with E-state index in [1.807, 2.05) is 41.7 Å². The highest BCUT2D eigenvalue weighted by atomic mass is 32.1. The van der Waals surface area contributed by atoms with Crippen molar-refractivity contribution in [2.75, 3.05) is 0 Å². The Bertz CT molecular complexity index is 505. The third-order valence-electron chi connectivity index (χ3n) is 2.25. The van der Waals surface area contributed by atoms with Crippen LogP contribution in [0, 0.1) is 18.6 Å². The number of hydrogen-bond acceptors (Lipinski definition) is 2. The molecule has 0 amide bonds. The van der Waals surface area contributed by atoms with Crippen LogP contribution in [0.5, 0.6) is 0 Å². The van der Waals surface area contributed by atoms with Crippen LogP contribution in [-0.2, 0) is 13.1 Å². The van der Waals surface area contributed by atoms with E-state index in [-0.39, 0.29) is 0 Å². The zero-order chi connectivity index (χ0) is 10.8. The Morgan fingerprint density at radius 2 is 2.13 bits per heavy atom. The lowest BCUT2D eigenvalue weighted by atomic mass is 10.4. The van der Waals surface area contributed by atoms with Gasteiger partial charge in [0, 0.05) is 24.6 Å². The molecule has 15 heavy (non-hydrogen) atoms. The lowest BCUT2D eigenvalue weighted by molar-refractivity contribution is 0.529. The molecular weight excluding hydrogens is 208 g/mol. The highest BCUT2D eigenvalue weighted by Gasteiger charge is 1.98. The molecule has 80 valence electrons. The Kier molecular flexibility index (Phi) is 2.73. The molecule has 0 aliphatic heterocycles. The molecule has 0 saturated carbocycles. The molecule has 5 heteroatoms. The minimum Gasteiger partial charge on any atom is -0.335 e. The number of aromatic nitrogens is 4. The number of imidazole rings is 1. The fourth-order valence-corrected chi connectivity index (χ4v) is 1.84. The van der Waals surface area contributed by atoms with Crippen molar-refractivity contribution in [1.29, 1.82) is 0 Å². The van der Waals surface area contributed by atoms with Gasteiger partial charge in [0.25, 0.3) is 0 Å². The van der Waals surface area contributed by atoms with Crippen LogP contribution in [0.1, 0.15) is 11.3 Å². The molecule has 0 radical (unpaired) electrons. The van der Waals surface area contributed by atoms with Crippen LogP contribution in [0.4, 0.5) is 0 Å². The van der Waals surface area contributed by atoms with Gasteiger partial charge < -0.3 is 9.55 Å². The summed E-state index contributed by atoms with van der Waals surface area (Å²) in [6.45, 7) is 5.74. The van der Waals surface area contributed by atoms with Crippen LogP contribution in [0.25, 0.3) is 0 Å². The minimum atomic E-state index is 0.774. The maximum absolute atomic E-state index is 5.17. The number of nitrogens with zero attached hydrogens (tertiary/aromatic N) is 3. The van der Waals surface area contributed by atoms with Gasteiger partial charge in [-0.3, -0.25) is 4.68 Å². The van der Waals surface area contributed by atoms with E-state index in [1.54, 1.807) is 0 Å². The first-order valence-electron chi connectivity index (χ1n) is 4.90. The first-order valence-corrected chi connectivity index (χ1v) is 5.31. The highest BCUT2D eigenvalue weighted by molar-refractivity contribution is 7.71. The van der Waals surface area contributed by atoms with Crippen LogP contribution in [0.15, 0.2) is 18.6 Å². The third-order valence-corrected chi connectivity index (χ3v) is 2.58. The lowest BCUT2D eigenvalue weighted by Crippen LogP contribution is -2.06. The van der Waals surface area contributed by atoms with E-state index >= 15 is 0 Å². The molecule has 0 aliphatic carbocycles. The molecular formula is C10H14N4S. The molecule has 2 heterocycles.